The standard InChI is InChI=1S/C15H9N5/c1-3-8-9-7-10-12-11(4-2-5-16-12)18-15(10)20-14(9)19-13(8)17-6-1/h1-7,16H,(H,17,18,19,20). The number of H-pyrrole nitrogens is 2. The van der Waals surface area contributed by atoms with Crippen molar-refractivity contribution in [3.63, 3.8) is 0 Å². The highest BCUT2D eigenvalue weighted by Crippen LogP contribution is 2.29. The predicted octanol–water partition coefficient (Wildman–Crippen LogP) is 3.14. The lowest BCUT2D eigenvalue weighted by Crippen LogP contribution is -1.78. The molecule has 0 aliphatic rings. The van der Waals surface area contributed by atoms with Crippen molar-refractivity contribution in [3.8, 4) is 0 Å². The van der Waals surface area contributed by atoms with E-state index in [0.29, 0.717) is 0 Å². The van der Waals surface area contributed by atoms with E-state index in [1.165, 1.54) is 0 Å². The van der Waals surface area contributed by atoms with Gasteiger partial charge in [0.15, 0.2) is 11.3 Å². The first kappa shape index (κ1) is 9.91. The molecule has 20 heavy (non-hydrogen) atoms. The van der Waals surface area contributed by atoms with Crippen molar-refractivity contribution in [1.29, 1.82) is 0 Å². The summed E-state index contributed by atoms with van der Waals surface area (Å²) in [6.07, 6.45) is 3.67. The molecule has 0 atom stereocenters. The quantitative estimate of drug-likeness (QED) is 0.449. The minimum atomic E-state index is 0.734. The van der Waals surface area contributed by atoms with Crippen LogP contribution in [0.15, 0.2) is 42.7 Å². The molecule has 0 fully saturated rings. The van der Waals surface area contributed by atoms with Crippen LogP contribution in [-0.2, 0) is 0 Å². The molecule has 2 N–H and O–H groups in total. The summed E-state index contributed by atoms with van der Waals surface area (Å²) in [5, 5.41) is 3.16. The van der Waals surface area contributed by atoms with E-state index in [-0.39, 0.29) is 0 Å². The summed E-state index contributed by atoms with van der Waals surface area (Å²) in [5.74, 6) is 0. The largest absolute Gasteiger partial charge is 0.359 e. The molecule has 0 amide bonds. The molecule has 0 bridgehead atoms. The summed E-state index contributed by atoms with van der Waals surface area (Å²) >= 11 is 0. The molecule has 0 unspecified atom stereocenters. The molecule has 0 spiro atoms. The van der Waals surface area contributed by atoms with E-state index in [0.717, 1.165) is 44.1 Å². The number of nitrogens with one attached hydrogen (secondary N) is 2. The van der Waals surface area contributed by atoms with Crippen LogP contribution in [0.5, 0.6) is 0 Å². The van der Waals surface area contributed by atoms with Gasteiger partial charge in [-0.2, -0.15) is 0 Å². The van der Waals surface area contributed by atoms with Crippen LogP contribution in [0.25, 0.3) is 44.1 Å². The third-order valence-corrected chi connectivity index (χ3v) is 3.67. The normalized spacial score (nSPS) is 12.0. The van der Waals surface area contributed by atoms with Crippen molar-refractivity contribution in [3.05, 3.63) is 42.7 Å². The van der Waals surface area contributed by atoms with Crippen LogP contribution in [0.4, 0.5) is 0 Å². The molecule has 0 aliphatic heterocycles. The Balaban J connectivity index is 2.06. The average Bonchev–Trinajstić information content (AvgIpc) is 3.02. The first-order valence-electron chi connectivity index (χ1n) is 6.40. The molecule has 0 saturated heterocycles. The maximum atomic E-state index is 4.63. The second-order valence-electron chi connectivity index (χ2n) is 4.83. The van der Waals surface area contributed by atoms with Gasteiger partial charge in [-0.1, -0.05) is 0 Å². The fourth-order valence-corrected chi connectivity index (χ4v) is 2.76. The second kappa shape index (κ2) is 3.33. The van der Waals surface area contributed by atoms with Gasteiger partial charge in [0.1, 0.15) is 5.65 Å². The molecule has 0 saturated carbocycles. The number of aromatic amines is 2. The van der Waals surface area contributed by atoms with Crippen molar-refractivity contribution in [1.82, 2.24) is 24.9 Å². The van der Waals surface area contributed by atoms with Crippen LogP contribution in [0.3, 0.4) is 0 Å². The minimum Gasteiger partial charge on any atom is -0.359 e. The van der Waals surface area contributed by atoms with Crippen molar-refractivity contribution in [2.75, 3.05) is 0 Å². The molecular formula is C15H9N5. The van der Waals surface area contributed by atoms with Gasteiger partial charge in [0.25, 0.3) is 0 Å². The zero-order valence-corrected chi connectivity index (χ0v) is 10.4. The minimum absolute atomic E-state index is 0.734. The summed E-state index contributed by atoms with van der Waals surface area (Å²) in [6, 6.07) is 10.1. The topological polar surface area (TPSA) is 70.2 Å². The van der Waals surface area contributed by atoms with Gasteiger partial charge in [-0.3, -0.25) is 0 Å². The molecule has 5 rings (SSSR count). The Hall–Kier alpha value is -2.95. The Morgan fingerprint density at radius 3 is 2.90 bits per heavy atom. The molecule has 5 aromatic heterocycles. The zero-order chi connectivity index (χ0) is 13.1. The van der Waals surface area contributed by atoms with Crippen molar-refractivity contribution in [2.45, 2.75) is 0 Å². The van der Waals surface area contributed by atoms with Crippen LogP contribution in [0, 0.1) is 0 Å². The molecule has 94 valence electrons. The Morgan fingerprint density at radius 2 is 1.90 bits per heavy atom. The fraction of sp³-hybridized carbons (Fsp3) is 0. The highest BCUT2D eigenvalue weighted by atomic mass is 15.0. The number of rotatable bonds is 0. The van der Waals surface area contributed by atoms with Crippen molar-refractivity contribution < 1.29 is 0 Å². The molecule has 5 heterocycles. The Kier molecular flexibility index (Phi) is 1.65. The van der Waals surface area contributed by atoms with E-state index < -0.39 is 0 Å². The van der Waals surface area contributed by atoms with Gasteiger partial charge in [0.2, 0.25) is 0 Å². The van der Waals surface area contributed by atoms with E-state index >= 15 is 0 Å². The SMILES string of the molecule is c1c[nH]c2c(c1)[nH]c1nc3nc4ncccc4c3cc12. The number of fused-ring (bicyclic) bond motifs is 6. The van der Waals surface area contributed by atoms with E-state index in [9.17, 15) is 0 Å². The van der Waals surface area contributed by atoms with E-state index in [1.807, 2.05) is 30.5 Å². The lowest BCUT2D eigenvalue weighted by atomic mass is 10.2. The van der Waals surface area contributed by atoms with Gasteiger partial charge in [0, 0.05) is 28.6 Å². The maximum Gasteiger partial charge on any atom is 0.164 e. The van der Waals surface area contributed by atoms with Crippen molar-refractivity contribution in [2.24, 2.45) is 0 Å². The number of hydrogen-bond donors (Lipinski definition) is 2. The average molecular weight is 259 g/mol. The third-order valence-electron chi connectivity index (χ3n) is 3.67. The summed E-state index contributed by atoms with van der Waals surface area (Å²) < 4.78 is 0. The summed E-state index contributed by atoms with van der Waals surface area (Å²) in [6.45, 7) is 0. The van der Waals surface area contributed by atoms with Gasteiger partial charge in [-0.05, 0) is 30.3 Å². The Morgan fingerprint density at radius 1 is 0.900 bits per heavy atom. The predicted molar refractivity (Wildman–Crippen MR) is 78.6 cm³/mol. The van der Waals surface area contributed by atoms with Crippen LogP contribution in [0.1, 0.15) is 0 Å². The lowest BCUT2D eigenvalue weighted by molar-refractivity contribution is 1.30. The lowest BCUT2D eigenvalue weighted by Gasteiger charge is -1.92. The molecule has 5 heteroatoms. The van der Waals surface area contributed by atoms with Crippen LogP contribution in [0.2, 0.25) is 0 Å². The fourth-order valence-electron chi connectivity index (χ4n) is 2.76. The second-order valence-corrected chi connectivity index (χ2v) is 4.83. The Labute approximate surface area is 112 Å². The number of nitrogens with zero attached hydrogens (tertiary/aromatic N) is 3. The van der Waals surface area contributed by atoms with E-state index in [4.69, 9.17) is 0 Å². The third kappa shape index (κ3) is 1.14. The smallest absolute Gasteiger partial charge is 0.164 e. The number of pyridine rings is 3. The number of hydrogen-bond acceptors (Lipinski definition) is 3. The monoisotopic (exact) mass is 259 g/mol. The van der Waals surface area contributed by atoms with E-state index in [1.54, 1.807) is 6.20 Å². The van der Waals surface area contributed by atoms with Gasteiger partial charge in [0.05, 0.1) is 11.0 Å². The van der Waals surface area contributed by atoms with Gasteiger partial charge >= 0.3 is 0 Å². The molecule has 0 radical (unpaired) electrons. The van der Waals surface area contributed by atoms with Gasteiger partial charge in [-0.25, -0.2) is 15.0 Å². The summed E-state index contributed by atoms with van der Waals surface area (Å²) in [5.41, 5.74) is 4.44. The maximum absolute atomic E-state index is 4.63. The first-order chi connectivity index (χ1) is 9.90. The first-order valence-corrected chi connectivity index (χ1v) is 6.40. The summed E-state index contributed by atoms with van der Waals surface area (Å²) in [4.78, 5) is 20.0. The molecule has 0 aromatic carbocycles. The molecule has 5 aromatic rings. The van der Waals surface area contributed by atoms with Gasteiger partial charge in [-0.15, -0.1) is 0 Å². The Bertz CT molecular complexity index is 1020. The van der Waals surface area contributed by atoms with Crippen LogP contribution < -0.4 is 0 Å². The van der Waals surface area contributed by atoms with E-state index in [2.05, 4.69) is 31.0 Å². The van der Waals surface area contributed by atoms with Crippen LogP contribution >= 0.6 is 0 Å². The highest BCUT2D eigenvalue weighted by molar-refractivity contribution is 6.13. The zero-order valence-electron chi connectivity index (χ0n) is 10.4. The molecule has 0 aliphatic carbocycles. The highest BCUT2D eigenvalue weighted by Gasteiger charge is 2.12. The van der Waals surface area contributed by atoms with Crippen LogP contribution in [-0.4, -0.2) is 24.9 Å². The molecule has 5 nitrogen and oxygen atoms in total. The number of aromatic nitrogens is 5. The van der Waals surface area contributed by atoms with Gasteiger partial charge < -0.3 is 9.97 Å². The molecular weight excluding hydrogens is 250 g/mol. The summed E-state index contributed by atoms with van der Waals surface area (Å²) in [7, 11) is 0. The van der Waals surface area contributed by atoms with Crippen molar-refractivity contribution >= 4 is 44.1 Å².